The Hall–Kier alpha value is -0.300. The van der Waals surface area contributed by atoms with E-state index in [0.717, 1.165) is 18.4 Å². The molecule has 0 saturated heterocycles. The van der Waals surface area contributed by atoms with E-state index in [-0.39, 0.29) is 17.1 Å². The summed E-state index contributed by atoms with van der Waals surface area (Å²) in [4.78, 5) is 11.5. The van der Waals surface area contributed by atoms with Crippen molar-refractivity contribution in [3.05, 3.63) is 12.2 Å². The number of hydrogen-bond acceptors (Lipinski definition) is 1. The third kappa shape index (κ3) is 1.56. The first-order chi connectivity index (χ1) is 5.70. The molecule has 2 saturated carbocycles. The van der Waals surface area contributed by atoms with Gasteiger partial charge < -0.3 is 0 Å². The van der Waals surface area contributed by atoms with Crippen LogP contribution in [0.4, 0.5) is 0 Å². The van der Waals surface area contributed by atoms with Crippen molar-refractivity contribution in [2.75, 3.05) is 0 Å². The van der Waals surface area contributed by atoms with Crippen LogP contribution in [0.25, 0.3) is 0 Å². The molecule has 1 nitrogen and oxygen atoms in total. The fourth-order valence-electron chi connectivity index (χ4n) is 1.42. The van der Waals surface area contributed by atoms with Gasteiger partial charge in [-0.05, 0) is 37.2 Å². The average Bonchev–Trinajstić information content (AvgIpc) is 2.90. The van der Waals surface area contributed by atoms with Crippen LogP contribution in [-0.2, 0) is 4.79 Å². The number of carbonyl (C=O) groups excluding carboxylic acids is 1. The highest BCUT2D eigenvalue weighted by molar-refractivity contribution is 6.33. The van der Waals surface area contributed by atoms with Crippen molar-refractivity contribution >= 4 is 17.4 Å². The second kappa shape index (κ2) is 2.88. The molecule has 0 bridgehead atoms. The van der Waals surface area contributed by atoms with Crippen LogP contribution in [0.5, 0.6) is 0 Å². The fraction of sp³-hybridized carbons (Fsp3) is 0.700. The Morgan fingerprint density at radius 1 is 1.25 bits per heavy atom. The van der Waals surface area contributed by atoms with E-state index in [0.29, 0.717) is 5.92 Å². The molecule has 0 spiro atoms. The van der Waals surface area contributed by atoms with Crippen molar-refractivity contribution in [2.45, 2.75) is 31.1 Å². The zero-order chi connectivity index (χ0) is 8.72. The summed E-state index contributed by atoms with van der Waals surface area (Å²) in [6, 6.07) is 0. The summed E-state index contributed by atoms with van der Waals surface area (Å²) in [5.41, 5.74) is 0.966. The predicted molar refractivity (Wildman–Crippen MR) is 49.2 cm³/mol. The molecule has 1 atom stereocenters. The molecular weight excluding hydrogens is 172 g/mol. The highest BCUT2D eigenvalue weighted by atomic mass is 35.5. The van der Waals surface area contributed by atoms with Crippen molar-refractivity contribution in [2.24, 2.45) is 11.8 Å². The molecule has 0 radical (unpaired) electrons. The van der Waals surface area contributed by atoms with Crippen LogP contribution in [0, 0.1) is 11.8 Å². The summed E-state index contributed by atoms with van der Waals surface area (Å²) >= 11 is 6.00. The van der Waals surface area contributed by atoms with Crippen molar-refractivity contribution in [1.82, 2.24) is 0 Å². The normalized spacial score (nSPS) is 25.1. The van der Waals surface area contributed by atoms with Crippen LogP contribution in [0.3, 0.4) is 0 Å². The molecule has 0 aromatic heterocycles. The number of hydrogen-bond donors (Lipinski definition) is 0. The van der Waals surface area contributed by atoms with Gasteiger partial charge in [-0.1, -0.05) is 6.58 Å². The largest absolute Gasteiger partial charge is 0.297 e. The van der Waals surface area contributed by atoms with Gasteiger partial charge in [0.15, 0.2) is 5.78 Å². The molecule has 0 aliphatic heterocycles. The van der Waals surface area contributed by atoms with E-state index >= 15 is 0 Å². The van der Waals surface area contributed by atoms with E-state index in [9.17, 15) is 4.79 Å². The lowest BCUT2D eigenvalue weighted by Crippen LogP contribution is -2.19. The van der Waals surface area contributed by atoms with Gasteiger partial charge >= 0.3 is 0 Å². The molecular formula is C10H13ClO. The van der Waals surface area contributed by atoms with Crippen LogP contribution in [0.15, 0.2) is 12.2 Å². The molecule has 0 heterocycles. The standard InChI is InChI=1S/C10H13ClO/c1-6(7-2-3-7)9(11)10(12)8-4-5-8/h7-9H,1-5H2. The van der Waals surface area contributed by atoms with Crippen molar-refractivity contribution < 1.29 is 4.79 Å². The van der Waals surface area contributed by atoms with Crippen LogP contribution in [-0.4, -0.2) is 11.2 Å². The molecule has 2 aliphatic rings. The predicted octanol–water partition coefficient (Wildman–Crippen LogP) is 2.54. The van der Waals surface area contributed by atoms with Gasteiger partial charge in [-0.15, -0.1) is 11.6 Å². The van der Waals surface area contributed by atoms with E-state index in [1.165, 1.54) is 12.8 Å². The molecule has 0 N–H and O–H groups in total. The first-order valence-corrected chi connectivity index (χ1v) is 5.00. The lowest BCUT2D eigenvalue weighted by Gasteiger charge is -2.09. The molecule has 0 aromatic rings. The Kier molecular flexibility index (Phi) is 1.99. The first kappa shape index (κ1) is 8.31. The van der Waals surface area contributed by atoms with E-state index in [4.69, 9.17) is 11.6 Å². The van der Waals surface area contributed by atoms with E-state index < -0.39 is 0 Å². The summed E-state index contributed by atoms with van der Waals surface area (Å²) in [5, 5.41) is -0.384. The topological polar surface area (TPSA) is 17.1 Å². The number of rotatable bonds is 4. The summed E-state index contributed by atoms with van der Waals surface area (Å²) in [6.45, 7) is 3.90. The zero-order valence-electron chi connectivity index (χ0n) is 7.05. The van der Waals surface area contributed by atoms with E-state index in [1.807, 2.05) is 0 Å². The van der Waals surface area contributed by atoms with Gasteiger partial charge in [0.1, 0.15) is 5.38 Å². The second-order valence-corrected chi connectivity index (χ2v) is 4.32. The minimum atomic E-state index is -0.384. The van der Waals surface area contributed by atoms with Gasteiger partial charge in [0, 0.05) is 5.92 Å². The van der Waals surface area contributed by atoms with Gasteiger partial charge in [-0.3, -0.25) is 4.79 Å². The van der Waals surface area contributed by atoms with Crippen molar-refractivity contribution in [3.8, 4) is 0 Å². The summed E-state index contributed by atoms with van der Waals surface area (Å²) < 4.78 is 0. The molecule has 0 aromatic carbocycles. The maximum atomic E-state index is 11.5. The average molecular weight is 185 g/mol. The van der Waals surface area contributed by atoms with Gasteiger partial charge in [0.25, 0.3) is 0 Å². The molecule has 2 aliphatic carbocycles. The van der Waals surface area contributed by atoms with Crippen LogP contribution >= 0.6 is 11.6 Å². The van der Waals surface area contributed by atoms with Crippen LogP contribution in [0.1, 0.15) is 25.7 Å². The Morgan fingerprint density at radius 2 is 1.75 bits per heavy atom. The zero-order valence-corrected chi connectivity index (χ0v) is 7.81. The molecule has 12 heavy (non-hydrogen) atoms. The third-order valence-corrected chi connectivity index (χ3v) is 3.15. The van der Waals surface area contributed by atoms with Gasteiger partial charge in [0.05, 0.1) is 0 Å². The smallest absolute Gasteiger partial charge is 0.157 e. The summed E-state index contributed by atoms with van der Waals surface area (Å²) in [5.74, 6) is 1.03. The highest BCUT2D eigenvalue weighted by Crippen LogP contribution is 2.41. The van der Waals surface area contributed by atoms with Crippen molar-refractivity contribution in [3.63, 3.8) is 0 Å². The SMILES string of the molecule is C=C(C1CC1)C(Cl)C(=O)C1CC1. The highest BCUT2D eigenvalue weighted by Gasteiger charge is 2.38. The minimum Gasteiger partial charge on any atom is -0.297 e. The van der Waals surface area contributed by atoms with Crippen LogP contribution < -0.4 is 0 Å². The Morgan fingerprint density at radius 3 is 2.17 bits per heavy atom. The maximum absolute atomic E-state index is 11.5. The van der Waals surface area contributed by atoms with E-state index in [1.54, 1.807) is 0 Å². The summed E-state index contributed by atoms with van der Waals surface area (Å²) in [6.07, 6.45) is 4.44. The lowest BCUT2D eigenvalue weighted by molar-refractivity contribution is -0.119. The molecule has 2 rings (SSSR count). The number of carbonyl (C=O) groups is 1. The molecule has 1 unspecified atom stereocenters. The van der Waals surface area contributed by atoms with Crippen molar-refractivity contribution in [1.29, 1.82) is 0 Å². The molecule has 2 heteroatoms. The minimum absolute atomic E-state index is 0.216. The number of Topliss-reactive ketones (excluding diaryl/α,β-unsaturated/α-hetero) is 1. The molecule has 0 amide bonds. The van der Waals surface area contributed by atoms with Gasteiger partial charge in [-0.2, -0.15) is 0 Å². The Bertz CT molecular complexity index is 202. The second-order valence-electron chi connectivity index (χ2n) is 3.89. The number of alkyl halides is 1. The quantitative estimate of drug-likeness (QED) is 0.485. The lowest BCUT2D eigenvalue weighted by atomic mass is 10.0. The van der Waals surface area contributed by atoms with Crippen LogP contribution in [0.2, 0.25) is 0 Å². The Balaban J connectivity index is 1.92. The monoisotopic (exact) mass is 184 g/mol. The number of allylic oxidation sites excluding steroid dienone is 1. The summed E-state index contributed by atoms with van der Waals surface area (Å²) in [7, 11) is 0. The Labute approximate surface area is 77.8 Å². The molecule has 2 fully saturated rings. The van der Waals surface area contributed by atoms with E-state index in [2.05, 4.69) is 6.58 Å². The number of halogens is 1. The first-order valence-electron chi connectivity index (χ1n) is 4.56. The van der Waals surface area contributed by atoms with Gasteiger partial charge in [-0.25, -0.2) is 0 Å². The molecule has 66 valence electrons. The maximum Gasteiger partial charge on any atom is 0.157 e. The number of ketones is 1. The van der Waals surface area contributed by atoms with Gasteiger partial charge in [0.2, 0.25) is 0 Å². The third-order valence-electron chi connectivity index (χ3n) is 2.66. The fourth-order valence-corrected chi connectivity index (χ4v) is 1.77.